The van der Waals surface area contributed by atoms with Gasteiger partial charge in [-0.1, -0.05) is 44.4 Å². The zero-order chi connectivity index (χ0) is 28.2. The first-order valence-corrected chi connectivity index (χ1v) is 13.3. The Morgan fingerprint density at radius 2 is 1.68 bits per heavy atom. The van der Waals surface area contributed by atoms with Crippen molar-refractivity contribution in [2.75, 3.05) is 26.0 Å². The maximum atomic E-state index is 13.9. The highest BCUT2D eigenvalue weighted by atomic mass is 32.1. The Hall–Kier alpha value is -2.75. The predicted molar refractivity (Wildman–Crippen MR) is 147 cm³/mol. The Kier molecular flexibility index (Phi) is 13.5. The van der Waals surface area contributed by atoms with Crippen molar-refractivity contribution < 1.29 is 28.7 Å². The van der Waals surface area contributed by atoms with E-state index >= 15 is 0 Å². The van der Waals surface area contributed by atoms with Crippen molar-refractivity contribution in [3.05, 3.63) is 34.9 Å². The fourth-order valence-electron chi connectivity index (χ4n) is 3.93. The fraction of sp³-hybridized carbons (Fsp3) is 0.630. The van der Waals surface area contributed by atoms with Crippen LogP contribution in [0.15, 0.2) is 18.2 Å². The lowest BCUT2D eigenvalue weighted by molar-refractivity contribution is -0.144. The number of nitrogens with one attached hydrogen (secondary N) is 2. The Morgan fingerprint density at radius 3 is 2.19 bits per heavy atom. The Morgan fingerprint density at radius 1 is 1.05 bits per heavy atom. The van der Waals surface area contributed by atoms with Gasteiger partial charge in [0.1, 0.15) is 24.2 Å². The van der Waals surface area contributed by atoms with Crippen LogP contribution in [0.4, 0.5) is 4.79 Å². The number of esters is 1. The number of ether oxygens (including phenoxy) is 2. The third-order valence-corrected chi connectivity index (χ3v) is 6.08. The number of carbonyl (C=O) groups excluding carboxylic acids is 4. The molecule has 9 nitrogen and oxygen atoms in total. The minimum Gasteiger partial charge on any atom is -0.468 e. The highest BCUT2D eigenvalue weighted by Crippen LogP contribution is 2.29. The summed E-state index contributed by atoms with van der Waals surface area (Å²) in [6.07, 6.45) is 2.78. The van der Waals surface area contributed by atoms with Crippen molar-refractivity contribution in [2.24, 2.45) is 0 Å². The molecule has 208 valence electrons. The van der Waals surface area contributed by atoms with Crippen LogP contribution in [0.2, 0.25) is 0 Å². The largest absolute Gasteiger partial charge is 0.468 e. The number of unbranched alkanes of at least 4 members (excludes halogenated alkanes) is 3. The van der Waals surface area contributed by atoms with Gasteiger partial charge in [-0.15, -0.1) is 0 Å². The molecule has 0 radical (unpaired) electrons. The van der Waals surface area contributed by atoms with E-state index in [1.807, 2.05) is 32.0 Å². The summed E-state index contributed by atoms with van der Waals surface area (Å²) in [6.45, 7) is 11.0. The van der Waals surface area contributed by atoms with Gasteiger partial charge in [0.2, 0.25) is 11.8 Å². The van der Waals surface area contributed by atoms with Gasteiger partial charge in [0.25, 0.3) is 0 Å². The van der Waals surface area contributed by atoms with Gasteiger partial charge >= 0.3 is 12.1 Å². The highest BCUT2D eigenvalue weighted by molar-refractivity contribution is 7.80. The molecule has 10 heteroatoms. The van der Waals surface area contributed by atoms with E-state index in [1.165, 1.54) is 12.0 Å². The van der Waals surface area contributed by atoms with Crippen LogP contribution >= 0.6 is 12.6 Å². The zero-order valence-corrected chi connectivity index (χ0v) is 24.1. The third kappa shape index (κ3) is 10.6. The second-order valence-corrected chi connectivity index (χ2v) is 10.3. The lowest BCUT2D eigenvalue weighted by atomic mass is 9.93. The molecule has 0 spiro atoms. The van der Waals surface area contributed by atoms with E-state index < -0.39 is 41.6 Å². The molecule has 1 aromatic carbocycles. The molecule has 2 atom stereocenters. The summed E-state index contributed by atoms with van der Waals surface area (Å²) in [5.74, 6) is -1.57. The summed E-state index contributed by atoms with van der Waals surface area (Å²) in [6, 6.07) is 3.58. The lowest BCUT2D eigenvalue weighted by Gasteiger charge is -2.35. The number of thiol groups is 1. The molecule has 0 fully saturated rings. The van der Waals surface area contributed by atoms with Crippen LogP contribution in [0, 0.1) is 13.8 Å². The number of benzene rings is 1. The van der Waals surface area contributed by atoms with Crippen molar-refractivity contribution in [1.82, 2.24) is 15.5 Å². The van der Waals surface area contributed by atoms with Crippen molar-refractivity contribution >= 4 is 36.5 Å². The molecule has 37 heavy (non-hydrogen) atoms. The number of rotatable bonds is 13. The van der Waals surface area contributed by atoms with Crippen molar-refractivity contribution in [1.29, 1.82) is 0 Å². The van der Waals surface area contributed by atoms with Crippen LogP contribution in [-0.2, 0) is 23.9 Å². The van der Waals surface area contributed by atoms with Crippen molar-refractivity contribution in [3.63, 3.8) is 0 Å². The van der Waals surface area contributed by atoms with Crippen LogP contribution in [-0.4, -0.2) is 66.4 Å². The number of nitrogens with zero attached hydrogens (tertiary/aromatic N) is 1. The van der Waals surface area contributed by atoms with Gasteiger partial charge in [-0.2, -0.15) is 12.6 Å². The Bertz CT molecular complexity index is 911. The summed E-state index contributed by atoms with van der Waals surface area (Å²) >= 11 is 4.31. The molecule has 3 amide bonds. The quantitative estimate of drug-likeness (QED) is 0.200. The van der Waals surface area contributed by atoms with Gasteiger partial charge in [0.05, 0.1) is 7.11 Å². The topological polar surface area (TPSA) is 114 Å². The molecule has 0 aliphatic carbocycles. The maximum Gasteiger partial charge on any atom is 0.408 e. The second kappa shape index (κ2) is 15.5. The van der Waals surface area contributed by atoms with Crippen LogP contribution < -0.4 is 10.6 Å². The van der Waals surface area contributed by atoms with E-state index in [9.17, 15) is 19.2 Å². The molecule has 0 aliphatic rings. The average Bonchev–Trinajstić information content (AvgIpc) is 2.82. The monoisotopic (exact) mass is 537 g/mol. The molecule has 1 rings (SSSR count). The number of aryl methyl sites for hydroxylation is 2. The first kappa shape index (κ1) is 32.3. The van der Waals surface area contributed by atoms with E-state index in [0.717, 1.165) is 30.4 Å². The molecule has 0 heterocycles. The van der Waals surface area contributed by atoms with E-state index in [4.69, 9.17) is 4.74 Å². The van der Waals surface area contributed by atoms with Gasteiger partial charge in [-0.05, 0) is 57.7 Å². The number of alkyl carbamates (subject to hydrolysis) is 1. The number of methoxy groups -OCH3 is 1. The second-order valence-electron chi connectivity index (χ2n) is 9.98. The number of amides is 3. The summed E-state index contributed by atoms with van der Waals surface area (Å²) in [5.41, 5.74) is 1.57. The van der Waals surface area contributed by atoms with Gasteiger partial charge < -0.3 is 25.0 Å². The van der Waals surface area contributed by atoms with E-state index in [1.54, 1.807) is 20.8 Å². The smallest absolute Gasteiger partial charge is 0.408 e. The third-order valence-electron chi connectivity index (χ3n) is 5.72. The van der Waals surface area contributed by atoms with Crippen LogP contribution in [0.1, 0.15) is 76.1 Å². The maximum absolute atomic E-state index is 13.9. The molecule has 2 unspecified atom stereocenters. The fourth-order valence-corrected chi connectivity index (χ4v) is 4.17. The summed E-state index contributed by atoms with van der Waals surface area (Å²) in [4.78, 5) is 53.2. The van der Waals surface area contributed by atoms with Crippen LogP contribution in [0.3, 0.4) is 0 Å². The first-order valence-electron chi connectivity index (χ1n) is 12.7. The molecular weight excluding hydrogens is 494 g/mol. The van der Waals surface area contributed by atoms with Gasteiger partial charge in [0.15, 0.2) is 0 Å². The number of hydrogen-bond acceptors (Lipinski definition) is 7. The minimum atomic E-state index is -1.03. The summed E-state index contributed by atoms with van der Waals surface area (Å²) in [7, 11) is 1.24. The number of hydrogen-bond donors (Lipinski definition) is 3. The molecule has 2 N–H and O–H groups in total. The SMILES string of the molecule is CCCCCCN(C(=O)C(CS)NC(=O)OC(C)(C)C)C(C(=O)NCC(=O)OC)c1c(C)cccc1C. The molecule has 0 saturated carbocycles. The first-order chi connectivity index (χ1) is 17.4. The molecular formula is C27H43N3O6S. The van der Waals surface area contributed by atoms with Crippen molar-refractivity contribution in [2.45, 2.75) is 84.9 Å². The summed E-state index contributed by atoms with van der Waals surface area (Å²) in [5, 5.41) is 5.22. The minimum absolute atomic E-state index is 0.00674. The van der Waals surface area contributed by atoms with E-state index in [-0.39, 0.29) is 18.8 Å². The molecule has 0 aromatic heterocycles. The van der Waals surface area contributed by atoms with E-state index in [2.05, 4.69) is 34.9 Å². The zero-order valence-electron chi connectivity index (χ0n) is 23.2. The van der Waals surface area contributed by atoms with Crippen LogP contribution in [0.25, 0.3) is 0 Å². The molecule has 0 aliphatic heterocycles. The Labute approximate surface area is 226 Å². The molecule has 1 aromatic rings. The summed E-state index contributed by atoms with van der Waals surface area (Å²) < 4.78 is 10.0. The van der Waals surface area contributed by atoms with Crippen LogP contribution in [0.5, 0.6) is 0 Å². The van der Waals surface area contributed by atoms with E-state index in [0.29, 0.717) is 12.0 Å². The Balaban J connectivity index is 3.48. The van der Waals surface area contributed by atoms with Crippen molar-refractivity contribution in [3.8, 4) is 0 Å². The molecule has 0 bridgehead atoms. The van der Waals surface area contributed by atoms with Gasteiger partial charge in [0, 0.05) is 12.3 Å². The standard InChI is InChI=1S/C27H43N3O6S/c1-8-9-10-11-15-30(25(33)20(17-37)29-26(34)36-27(4,5)6)23(24(32)28-16-21(31)35-7)22-18(2)13-12-14-19(22)3/h12-14,20,23,37H,8-11,15-17H2,1-7H3,(H,28,32)(H,29,34). The highest BCUT2D eigenvalue weighted by Gasteiger charge is 2.37. The van der Waals surface area contributed by atoms with Gasteiger partial charge in [-0.3, -0.25) is 14.4 Å². The molecule has 0 saturated heterocycles. The normalized spacial score (nSPS) is 12.8. The van der Waals surface area contributed by atoms with Gasteiger partial charge in [-0.25, -0.2) is 4.79 Å². The predicted octanol–water partition coefficient (Wildman–Crippen LogP) is 3.87. The average molecular weight is 538 g/mol. The lowest BCUT2D eigenvalue weighted by Crippen LogP contribution is -2.54. The number of carbonyl (C=O) groups is 4.